The molecule has 1 rings (SSSR count). The third-order valence-electron chi connectivity index (χ3n) is 3.21. The molecule has 0 atom stereocenters. The van der Waals surface area contributed by atoms with Crippen LogP contribution in [0, 0.1) is 5.92 Å². The van der Waals surface area contributed by atoms with Crippen LogP contribution in [0.1, 0.15) is 65.2 Å². The topological polar surface area (TPSA) is 20.2 Å². The molecule has 1 fully saturated rings. The van der Waals surface area contributed by atoms with E-state index in [1.807, 2.05) is 0 Å². The van der Waals surface area contributed by atoms with Gasteiger partial charge in [0, 0.05) is 0 Å². The Labute approximate surface area is 82.5 Å². The first kappa shape index (κ1) is 11.0. The first-order valence-electron chi connectivity index (χ1n) is 5.85. The zero-order valence-electron chi connectivity index (χ0n) is 9.18. The molecule has 0 spiro atoms. The third kappa shape index (κ3) is 4.12. The largest absolute Gasteiger partial charge is 0.390 e. The summed E-state index contributed by atoms with van der Waals surface area (Å²) in [5, 5.41) is 10.2. The van der Waals surface area contributed by atoms with Crippen molar-refractivity contribution in [2.45, 2.75) is 70.8 Å². The average Bonchev–Trinajstić information content (AvgIpc) is 2.04. The monoisotopic (exact) mass is 184 g/mol. The van der Waals surface area contributed by atoms with E-state index >= 15 is 0 Å². The van der Waals surface area contributed by atoms with Crippen molar-refractivity contribution in [2.24, 2.45) is 5.92 Å². The molecule has 0 amide bonds. The molecule has 0 heterocycles. The highest BCUT2D eigenvalue weighted by molar-refractivity contribution is 4.81. The second kappa shape index (κ2) is 4.99. The van der Waals surface area contributed by atoms with Gasteiger partial charge in [-0.05, 0) is 25.2 Å². The van der Waals surface area contributed by atoms with Crippen molar-refractivity contribution in [3.05, 3.63) is 0 Å². The summed E-state index contributed by atoms with van der Waals surface area (Å²) >= 11 is 0. The lowest BCUT2D eigenvalue weighted by Crippen LogP contribution is -2.31. The number of hydrogen-bond donors (Lipinski definition) is 1. The number of rotatable bonds is 4. The van der Waals surface area contributed by atoms with Gasteiger partial charge in [-0.15, -0.1) is 0 Å². The molecule has 0 radical (unpaired) electrons. The average molecular weight is 184 g/mol. The molecule has 0 aliphatic heterocycles. The molecule has 0 aromatic rings. The van der Waals surface area contributed by atoms with Crippen LogP contribution in [0.25, 0.3) is 0 Å². The van der Waals surface area contributed by atoms with Gasteiger partial charge in [0.15, 0.2) is 0 Å². The van der Waals surface area contributed by atoms with Crippen molar-refractivity contribution in [1.82, 2.24) is 0 Å². The van der Waals surface area contributed by atoms with E-state index in [2.05, 4.69) is 13.8 Å². The Morgan fingerprint density at radius 2 is 1.77 bits per heavy atom. The second-order valence-electron chi connectivity index (χ2n) is 5.07. The molecule has 0 saturated heterocycles. The van der Waals surface area contributed by atoms with Crippen LogP contribution in [-0.2, 0) is 0 Å². The van der Waals surface area contributed by atoms with Gasteiger partial charge in [-0.1, -0.05) is 46.0 Å². The Morgan fingerprint density at radius 1 is 1.15 bits per heavy atom. The van der Waals surface area contributed by atoms with Gasteiger partial charge < -0.3 is 5.11 Å². The summed E-state index contributed by atoms with van der Waals surface area (Å²) in [5.74, 6) is 0.784. The standard InChI is InChI=1S/C12H24O/c1-11(2)7-6-10-12(13)8-4-3-5-9-12/h11,13H,3-10H2,1-2H3. The smallest absolute Gasteiger partial charge is 0.0647 e. The van der Waals surface area contributed by atoms with Crippen LogP contribution >= 0.6 is 0 Å². The first-order valence-corrected chi connectivity index (χ1v) is 5.85. The van der Waals surface area contributed by atoms with E-state index in [4.69, 9.17) is 0 Å². The predicted molar refractivity (Wildman–Crippen MR) is 56.7 cm³/mol. The van der Waals surface area contributed by atoms with Gasteiger partial charge in [0.2, 0.25) is 0 Å². The lowest BCUT2D eigenvalue weighted by Gasteiger charge is -2.32. The Bertz CT molecular complexity index is 134. The summed E-state index contributed by atoms with van der Waals surface area (Å²) in [5.41, 5.74) is -0.285. The zero-order chi connectivity index (χ0) is 9.73. The molecule has 78 valence electrons. The molecular formula is C12H24O. The number of aliphatic hydroxyl groups is 1. The van der Waals surface area contributed by atoms with E-state index in [-0.39, 0.29) is 5.60 Å². The second-order valence-corrected chi connectivity index (χ2v) is 5.07. The summed E-state index contributed by atoms with van der Waals surface area (Å²) in [7, 11) is 0. The minimum absolute atomic E-state index is 0.285. The first-order chi connectivity index (χ1) is 6.12. The molecule has 0 bridgehead atoms. The normalized spacial score (nSPS) is 22.2. The summed E-state index contributed by atoms with van der Waals surface area (Å²) in [6, 6.07) is 0. The molecule has 0 aromatic carbocycles. The predicted octanol–water partition coefficient (Wildman–Crippen LogP) is 3.51. The maximum atomic E-state index is 10.2. The summed E-state index contributed by atoms with van der Waals surface area (Å²) < 4.78 is 0. The van der Waals surface area contributed by atoms with Crippen molar-refractivity contribution < 1.29 is 5.11 Å². The SMILES string of the molecule is CC(C)CCCC1(O)CCCCC1. The van der Waals surface area contributed by atoms with E-state index in [0.29, 0.717) is 0 Å². The Kier molecular flexibility index (Phi) is 4.24. The van der Waals surface area contributed by atoms with E-state index < -0.39 is 0 Å². The molecule has 0 unspecified atom stereocenters. The van der Waals surface area contributed by atoms with Gasteiger partial charge in [0.1, 0.15) is 0 Å². The van der Waals surface area contributed by atoms with Crippen molar-refractivity contribution in [2.75, 3.05) is 0 Å². The quantitative estimate of drug-likeness (QED) is 0.709. The Balaban J connectivity index is 2.17. The highest BCUT2D eigenvalue weighted by atomic mass is 16.3. The molecule has 1 nitrogen and oxygen atoms in total. The van der Waals surface area contributed by atoms with Crippen molar-refractivity contribution >= 4 is 0 Å². The van der Waals surface area contributed by atoms with Crippen LogP contribution in [0.5, 0.6) is 0 Å². The van der Waals surface area contributed by atoms with Gasteiger partial charge >= 0.3 is 0 Å². The Morgan fingerprint density at radius 3 is 2.31 bits per heavy atom. The minimum Gasteiger partial charge on any atom is -0.390 e. The van der Waals surface area contributed by atoms with Crippen LogP contribution in [-0.4, -0.2) is 10.7 Å². The molecule has 1 aliphatic carbocycles. The van der Waals surface area contributed by atoms with Crippen LogP contribution < -0.4 is 0 Å². The third-order valence-corrected chi connectivity index (χ3v) is 3.21. The summed E-state index contributed by atoms with van der Waals surface area (Å²) in [6.07, 6.45) is 9.39. The summed E-state index contributed by atoms with van der Waals surface area (Å²) in [4.78, 5) is 0. The highest BCUT2D eigenvalue weighted by Crippen LogP contribution is 2.32. The van der Waals surface area contributed by atoms with Crippen molar-refractivity contribution in [1.29, 1.82) is 0 Å². The molecule has 1 N–H and O–H groups in total. The maximum absolute atomic E-state index is 10.2. The van der Waals surface area contributed by atoms with Crippen LogP contribution in [0.2, 0.25) is 0 Å². The van der Waals surface area contributed by atoms with E-state index in [0.717, 1.165) is 25.2 Å². The maximum Gasteiger partial charge on any atom is 0.0647 e. The lowest BCUT2D eigenvalue weighted by molar-refractivity contribution is -0.00636. The molecule has 0 aromatic heterocycles. The fraction of sp³-hybridized carbons (Fsp3) is 1.00. The minimum atomic E-state index is -0.285. The molecule has 1 heteroatoms. The summed E-state index contributed by atoms with van der Waals surface area (Å²) in [6.45, 7) is 4.51. The Hall–Kier alpha value is -0.0400. The van der Waals surface area contributed by atoms with Crippen molar-refractivity contribution in [3.63, 3.8) is 0 Å². The van der Waals surface area contributed by atoms with Crippen LogP contribution in [0.4, 0.5) is 0 Å². The number of hydrogen-bond acceptors (Lipinski definition) is 1. The zero-order valence-corrected chi connectivity index (χ0v) is 9.18. The fourth-order valence-electron chi connectivity index (χ4n) is 2.30. The van der Waals surface area contributed by atoms with Gasteiger partial charge in [0.25, 0.3) is 0 Å². The highest BCUT2D eigenvalue weighted by Gasteiger charge is 2.28. The van der Waals surface area contributed by atoms with E-state index in [9.17, 15) is 5.11 Å². The molecule has 1 saturated carbocycles. The van der Waals surface area contributed by atoms with Crippen LogP contribution in [0.3, 0.4) is 0 Å². The fourth-order valence-corrected chi connectivity index (χ4v) is 2.30. The van der Waals surface area contributed by atoms with Gasteiger partial charge in [0.05, 0.1) is 5.60 Å². The lowest BCUT2D eigenvalue weighted by atomic mass is 9.81. The molecular weight excluding hydrogens is 160 g/mol. The van der Waals surface area contributed by atoms with Gasteiger partial charge in [-0.3, -0.25) is 0 Å². The van der Waals surface area contributed by atoms with Crippen LogP contribution in [0.15, 0.2) is 0 Å². The van der Waals surface area contributed by atoms with Gasteiger partial charge in [-0.25, -0.2) is 0 Å². The van der Waals surface area contributed by atoms with E-state index in [1.54, 1.807) is 0 Å². The molecule has 1 aliphatic rings. The van der Waals surface area contributed by atoms with E-state index in [1.165, 1.54) is 32.1 Å². The van der Waals surface area contributed by atoms with Gasteiger partial charge in [-0.2, -0.15) is 0 Å². The molecule has 13 heavy (non-hydrogen) atoms. The van der Waals surface area contributed by atoms with Crippen molar-refractivity contribution in [3.8, 4) is 0 Å².